The van der Waals surface area contributed by atoms with Crippen LogP contribution >= 0.6 is 22.9 Å². The van der Waals surface area contributed by atoms with Gasteiger partial charge in [0, 0.05) is 20.8 Å². The molecule has 0 radical (unpaired) electrons. The summed E-state index contributed by atoms with van der Waals surface area (Å²) in [6.07, 6.45) is 0. The van der Waals surface area contributed by atoms with Crippen molar-refractivity contribution in [1.82, 2.24) is 0 Å². The lowest BCUT2D eigenvalue weighted by atomic mass is 10.2. The molecule has 3 aromatic rings. The van der Waals surface area contributed by atoms with Crippen LogP contribution in [0.25, 0.3) is 10.1 Å². The van der Waals surface area contributed by atoms with Crippen molar-refractivity contribution in [3.05, 3.63) is 57.9 Å². The lowest BCUT2D eigenvalue weighted by Gasteiger charge is -2.05. The summed E-state index contributed by atoms with van der Waals surface area (Å²) in [5, 5.41) is 4.37. The number of nitrogen functional groups attached to an aromatic ring is 1. The number of benzene rings is 2. The van der Waals surface area contributed by atoms with E-state index >= 15 is 0 Å². The van der Waals surface area contributed by atoms with Gasteiger partial charge in [0.05, 0.1) is 5.69 Å². The Morgan fingerprint density at radius 2 is 2.05 bits per heavy atom. The molecule has 0 spiro atoms. The topological polar surface area (TPSA) is 55.1 Å². The first kappa shape index (κ1) is 13.9. The maximum Gasteiger partial charge on any atom is 0.267 e. The van der Waals surface area contributed by atoms with Crippen LogP contribution in [0.5, 0.6) is 0 Å². The van der Waals surface area contributed by atoms with Crippen LogP contribution in [-0.4, -0.2) is 5.91 Å². The highest BCUT2D eigenvalue weighted by molar-refractivity contribution is 7.21. The molecule has 3 rings (SSSR count). The number of amides is 1. The molecule has 106 valence electrons. The van der Waals surface area contributed by atoms with Gasteiger partial charge in [-0.05, 0) is 42.8 Å². The van der Waals surface area contributed by atoms with Gasteiger partial charge in [-0.3, -0.25) is 4.79 Å². The van der Waals surface area contributed by atoms with Gasteiger partial charge in [-0.1, -0.05) is 23.7 Å². The lowest BCUT2D eigenvalue weighted by Crippen LogP contribution is -2.11. The van der Waals surface area contributed by atoms with Gasteiger partial charge >= 0.3 is 0 Å². The molecule has 0 atom stereocenters. The second-order valence-electron chi connectivity index (χ2n) is 4.81. The van der Waals surface area contributed by atoms with Crippen molar-refractivity contribution in [3.8, 4) is 0 Å². The fourth-order valence-electron chi connectivity index (χ4n) is 2.17. The quantitative estimate of drug-likeness (QED) is 0.720. The summed E-state index contributed by atoms with van der Waals surface area (Å²) in [6.45, 7) is 1.98. The predicted octanol–water partition coefficient (Wildman–Crippen LogP) is 4.70. The highest BCUT2D eigenvalue weighted by Crippen LogP contribution is 2.35. The first-order valence-electron chi connectivity index (χ1n) is 6.40. The molecule has 0 aliphatic rings. The number of thiophene rings is 1. The van der Waals surface area contributed by atoms with Crippen molar-refractivity contribution < 1.29 is 4.79 Å². The number of carbonyl (C=O) groups excluding carboxylic acids is 1. The molecule has 1 aromatic heterocycles. The summed E-state index contributed by atoms with van der Waals surface area (Å²) in [5.41, 5.74) is 8.42. The average Bonchev–Trinajstić information content (AvgIpc) is 2.75. The van der Waals surface area contributed by atoms with Crippen molar-refractivity contribution in [2.45, 2.75) is 6.92 Å². The van der Waals surface area contributed by atoms with Crippen molar-refractivity contribution in [1.29, 1.82) is 0 Å². The molecule has 3 nitrogen and oxygen atoms in total. The third kappa shape index (κ3) is 2.73. The molecule has 0 aliphatic heterocycles. The molecular weight excluding hydrogens is 304 g/mol. The fourth-order valence-corrected chi connectivity index (χ4v) is 3.46. The maximum absolute atomic E-state index is 12.4. The van der Waals surface area contributed by atoms with E-state index in [1.54, 1.807) is 6.07 Å². The van der Waals surface area contributed by atoms with Crippen molar-refractivity contribution in [2.75, 3.05) is 11.1 Å². The Morgan fingerprint density at radius 1 is 1.24 bits per heavy atom. The van der Waals surface area contributed by atoms with Gasteiger partial charge in [0.2, 0.25) is 0 Å². The molecule has 1 amide bonds. The van der Waals surface area contributed by atoms with Crippen LogP contribution in [0.1, 0.15) is 15.2 Å². The van der Waals surface area contributed by atoms with Crippen LogP contribution < -0.4 is 11.1 Å². The molecule has 0 saturated carbocycles. The lowest BCUT2D eigenvalue weighted by molar-refractivity contribution is 0.103. The highest BCUT2D eigenvalue weighted by atomic mass is 35.5. The van der Waals surface area contributed by atoms with Crippen LogP contribution in [-0.2, 0) is 0 Å². The number of nitrogens with one attached hydrogen (secondary N) is 1. The van der Waals surface area contributed by atoms with Gasteiger partial charge in [0.1, 0.15) is 4.88 Å². The summed E-state index contributed by atoms with van der Waals surface area (Å²) < 4.78 is 0.911. The van der Waals surface area contributed by atoms with E-state index in [0.717, 1.165) is 21.3 Å². The van der Waals surface area contributed by atoms with Crippen molar-refractivity contribution in [2.24, 2.45) is 0 Å². The number of aryl methyl sites for hydroxylation is 1. The van der Waals surface area contributed by atoms with E-state index in [1.807, 2.05) is 43.3 Å². The van der Waals surface area contributed by atoms with Crippen molar-refractivity contribution in [3.63, 3.8) is 0 Å². The third-order valence-electron chi connectivity index (χ3n) is 3.17. The SMILES string of the molecule is Cc1cccc(NC(=O)c2sc3cc(Cl)ccc3c2N)c1. The number of hydrogen-bond acceptors (Lipinski definition) is 3. The first-order chi connectivity index (χ1) is 10.0. The summed E-state index contributed by atoms with van der Waals surface area (Å²) in [7, 11) is 0. The molecule has 21 heavy (non-hydrogen) atoms. The van der Waals surface area contributed by atoms with Crippen molar-refractivity contribution >= 4 is 50.3 Å². The first-order valence-corrected chi connectivity index (χ1v) is 7.59. The Labute approximate surface area is 131 Å². The standard InChI is InChI=1S/C16H13ClN2OS/c1-9-3-2-4-11(7-9)19-16(20)15-14(18)12-6-5-10(17)8-13(12)21-15/h2-8H,18H2,1H3,(H,19,20). The molecule has 0 unspecified atom stereocenters. The second kappa shape index (κ2) is 5.39. The fraction of sp³-hybridized carbons (Fsp3) is 0.0625. The van der Waals surface area contributed by atoms with Gasteiger partial charge in [-0.2, -0.15) is 0 Å². The zero-order valence-corrected chi connectivity index (χ0v) is 12.9. The summed E-state index contributed by atoms with van der Waals surface area (Å²) in [4.78, 5) is 12.9. The monoisotopic (exact) mass is 316 g/mol. The highest BCUT2D eigenvalue weighted by Gasteiger charge is 2.16. The van der Waals surface area contributed by atoms with E-state index in [0.29, 0.717) is 15.6 Å². The molecule has 0 aliphatic carbocycles. The van der Waals surface area contributed by atoms with Gasteiger partial charge in [-0.25, -0.2) is 0 Å². The number of carbonyl (C=O) groups is 1. The van der Waals surface area contributed by atoms with Gasteiger partial charge in [0.25, 0.3) is 5.91 Å². The summed E-state index contributed by atoms with van der Waals surface area (Å²) in [6, 6.07) is 13.1. The van der Waals surface area contributed by atoms with Gasteiger partial charge in [-0.15, -0.1) is 11.3 Å². The summed E-state index contributed by atoms with van der Waals surface area (Å²) >= 11 is 7.32. The van der Waals surface area contributed by atoms with Crippen LogP contribution in [0.15, 0.2) is 42.5 Å². The normalized spacial score (nSPS) is 10.8. The van der Waals surface area contributed by atoms with Crippen LogP contribution in [0.2, 0.25) is 5.02 Å². The Morgan fingerprint density at radius 3 is 2.81 bits per heavy atom. The zero-order chi connectivity index (χ0) is 15.0. The number of halogens is 1. The Bertz CT molecular complexity index is 841. The molecule has 0 bridgehead atoms. The van der Waals surface area contributed by atoms with Crippen LogP contribution in [0, 0.1) is 6.92 Å². The number of anilines is 2. The molecule has 5 heteroatoms. The number of nitrogens with two attached hydrogens (primary N) is 1. The molecule has 2 aromatic carbocycles. The van der Waals surface area contributed by atoms with E-state index < -0.39 is 0 Å². The molecule has 3 N–H and O–H groups in total. The van der Waals surface area contributed by atoms with Crippen LogP contribution in [0.4, 0.5) is 11.4 Å². The number of fused-ring (bicyclic) bond motifs is 1. The smallest absolute Gasteiger partial charge is 0.267 e. The number of rotatable bonds is 2. The average molecular weight is 317 g/mol. The van der Waals surface area contributed by atoms with E-state index in [4.69, 9.17) is 17.3 Å². The van der Waals surface area contributed by atoms with E-state index in [9.17, 15) is 4.79 Å². The predicted molar refractivity (Wildman–Crippen MR) is 90.4 cm³/mol. The molecule has 0 fully saturated rings. The van der Waals surface area contributed by atoms with E-state index in [1.165, 1.54) is 11.3 Å². The Balaban J connectivity index is 1.96. The van der Waals surface area contributed by atoms with E-state index in [-0.39, 0.29) is 5.91 Å². The Hall–Kier alpha value is -2.04. The zero-order valence-electron chi connectivity index (χ0n) is 11.3. The largest absolute Gasteiger partial charge is 0.397 e. The summed E-state index contributed by atoms with van der Waals surface area (Å²) in [5.74, 6) is -0.199. The minimum Gasteiger partial charge on any atom is -0.397 e. The van der Waals surface area contributed by atoms with E-state index in [2.05, 4.69) is 5.32 Å². The van der Waals surface area contributed by atoms with Gasteiger partial charge < -0.3 is 11.1 Å². The molecule has 0 saturated heterocycles. The molecular formula is C16H13ClN2OS. The number of hydrogen-bond donors (Lipinski definition) is 2. The van der Waals surface area contributed by atoms with Crippen LogP contribution in [0.3, 0.4) is 0 Å². The van der Waals surface area contributed by atoms with Gasteiger partial charge in [0.15, 0.2) is 0 Å². The molecule has 1 heterocycles. The third-order valence-corrected chi connectivity index (χ3v) is 4.57. The Kier molecular flexibility index (Phi) is 3.57. The minimum absolute atomic E-state index is 0.199. The maximum atomic E-state index is 12.4. The second-order valence-corrected chi connectivity index (χ2v) is 6.30. The minimum atomic E-state index is -0.199.